The maximum atomic E-state index is 5.37. The van der Waals surface area contributed by atoms with E-state index in [1.165, 1.54) is 11.8 Å². The predicted molar refractivity (Wildman–Crippen MR) is 72.2 cm³/mol. The van der Waals surface area contributed by atoms with E-state index in [2.05, 4.69) is 35.9 Å². The average molecular weight is 294 g/mol. The first-order chi connectivity index (χ1) is 9.67. The molecule has 1 saturated carbocycles. The van der Waals surface area contributed by atoms with Gasteiger partial charge in [-0.3, -0.25) is 5.43 Å². The van der Waals surface area contributed by atoms with Crippen LogP contribution < -0.4 is 16.2 Å². The number of hydrazine groups is 1. The lowest BCUT2D eigenvalue weighted by Crippen LogP contribution is -2.17. The third kappa shape index (κ3) is 2.63. The van der Waals surface area contributed by atoms with Crippen molar-refractivity contribution in [3.63, 3.8) is 0 Å². The molecule has 0 saturated heterocycles. The van der Waals surface area contributed by atoms with Gasteiger partial charge in [0.15, 0.2) is 0 Å². The first-order valence-electron chi connectivity index (χ1n) is 6.03. The summed E-state index contributed by atoms with van der Waals surface area (Å²) in [7, 11) is 3.69. The van der Waals surface area contributed by atoms with Gasteiger partial charge in [-0.25, -0.2) is 10.5 Å². The molecule has 0 aromatic carbocycles. The van der Waals surface area contributed by atoms with Crippen LogP contribution in [0.15, 0.2) is 10.3 Å². The van der Waals surface area contributed by atoms with Gasteiger partial charge in [0, 0.05) is 14.1 Å². The second-order valence-electron chi connectivity index (χ2n) is 4.52. The summed E-state index contributed by atoms with van der Waals surface area (Å²) in [5, 5.41) is 12.9. The van der Waals surface area contributed by atoms with Crippen LogP contribution in [0.3, 0.4) is 0 Å². The van der Waals surface area contributed by atoms with Crippen LogP contribution in [0.25, 0.3) is 0 Å². The highest BCUT2D eigenvalue weighted by Gasteiger charge is 2.28. The van der Waals surface area contributed by atoms with Crippen LogP contribution in [0.2, 0.25) is 0 Å². The Bertz CT molecular complexity index is 607. The van der Waals surface area contributed by atoms with Crippen molar-refractivity contribution in [2.24, 2.45) is 5.84 Å². The molecule has 0 unspecified atom stereocenters. The van der Waals surface area contributed by atoms with Gasteiger partial charge in [0.05, 0.1) is 6.04 Å². The first-order valence-corrected chi connectivity index (χ1v) is 6.85. The first kappa shape index (κ1) is 13.0. The summed E-state index contributed by atoms with van der Waals surface area (Å²) in [6.07, 6.45) is 2.21. The zero-order chi connectivity index (χ0) is 14.1. The second kappa shape index (κ2) is 5.17. The summed E-state index contributed by atoms with van der Waals surface area (Å²) in [4.78, 5) is 14.5. The van der Waals surface area contributed by atoms with Gasteiger partial charge in [-0.05, 0) is 35.0 Å². The minimum Gasteiger partial charge on any atom is -0.347 e. The van der Waals surface area contributed by atoms with Gasteiger partial charge in [0.25, 0.3) is 0 Å². The number of rotatable bonds is 5. The fourth-order valence-electron chi connectivity index (χ4n) is 1.54. The number of tetrazole rings is 1. The van der Waals surface area contributed by atoms with E-state index in [1.807, 2.05) is 14.1 Å². The molecule has 2 aromatic rings. The van der Waals surface area contributed by atoms with Crippen molar-refractivity contribution in [3.05, 3.63) is 0 Å². The number of nitrogen functional groups attached to an aromatic ring is 1. The zero-order valence-electron chi connectivity index (χ0n) is 11.1. The average Bonchev–Trinajstić information content (AvgIpc) is 3.19. The number of nitrogens with zero attached hydrogens (tertiary/aromatic N) is 8. The van der Waals surface area contributed by atoms with Gasteiger partial charge in [-0.2, -0.15) is 15.0 Å². The van der Waals surface area contributed by atoms with E-state index in [0.717, 1.165) is 12.8 Å². The van der Waals surface area contributed by atoms with E-state index in [1.54, 1.807) is 9.58 Å². The van der Waals surface area contributed by atoms with Crippen LogP contribution in [0.1, 0.15) is 18.9 Å². The maximum Gasteiger partial charge on any atom is 0.242 e. The van der Waals surface area contributed by atoms with E-state index in [9.17, 15) is 0 Å². The molecule has 106 valence electrons. The molecule has 0 bridgehead atoms. The fourth-order valence-corrected chi connectivity index (χ4v) is 2.32. The largest absolute Gasteiger partial charge is 0.347 e. The molecule has 2 aromatic heterocycles. The molecule has 3 rings (SSSR count). The lowest BCUT2D eigenvalue weighted by Gasteiger charge is -2.11. The van der Waals surface area contributed by atoms with E-state index >= 15 is 0 Å². The number of hydrogen-bond acceptors (Lipinski definition) is 10. The van der Waals surface area contributed by atoms with Gasteiger partial charge in [-0.15, -0.1) is 5.10 Å². The monoisotopic (exact) mass is 294 g/mol. The molecule has 0 spiro atoms. The second-order valence-corrected chi connectivity index (χ2v) is 5.45. The Balaban J connectivity index is 1.89. The van der Waals surface area contributed by atoms with Crippen LogP contribution in [0.4, 0.5) is 11.9 Å². The molecular formula is C9H14N10S. The highest BCUT2D eigenvalue weighted by atomic mass is 32.2. The normalized spacial score (nSPS) is 14.3. The summed E-state index contributed by atoms with van der Waals surface area (Å²) < 4.78 is 1.80. The van der Waals surface area contributed by atoms with E-state index < -0.39 is 0 Å². The predicted octanol–water partition coefficient (Wildman–Crippen LogP) is -0.304. The molecule has 1 aliphatic carbocycles. The number of nitrogens with two attached hydrogens (primary N) is 1. The van der Waals surface area contributed by atoms with Crippen molar-refractivity contribution in [1.29, 1.82) is 0 Å². The molecule has 2 heterocycles. The summed E-state index contributed by atoms with van der Waals surface area (Å²) >= 11 is 1.29. The van der Waals surface area contributed by atoms with Gasteiger partial charge in [0.2, 0.25) is 22.2 Å². The van der Waals surface area contributed by atoms with Gasteiger partial charge in [-0.1, -0.05) is 0 Å². The number of aromatic nitrogens is 7. The Morgan fingerprint density at radius 1 is 1.30 bits per heavy atom. The Morgan fingerprint density at radius 2 is 2.10 bits per heavy atom. The molecule has 0 amide bonds. The Labute approximate surface area is 119 Å². The summed E-state index contributed by atoms with van der Waals surface area (Å²) in [6, 6.07) is 0.398. The van der Waals surface area contributed by atoms with Crippen LogP contribution in [-0.2, 0) is 0 Å². The lowest BCUT2D eigenvalue weighted by molar-refractivity contribution is 0.565. The molecular weight excluding hydrogens is 280 g/mol. The van der Waals surface area contributed by atoms with Gasteiger partial charge >= 0.3 is 0 Å². The molecule has 3 N–H and O–H groups in total. The minimum absolute atomic E-state index is 0.302. The molecule has 0 atom stereocenters. The summed E-state index contributed by atoms with van der Waals surface area (Å²) in [5.41, 5.74) is 2.43. The number of hydrogen-bond donors (Lipinski definition) is 2. The van der Waals surface area contributed by atoms with Crippen molar-refractivity contribution in [1.82, 2.24) is 35.2 Å². The van der Waals surface area contributed by atoms with Crippen molar-refractivity contribution in [2.45, 2.75) is 29.2 Å². The molecule has 10 nitrogen and oxygen atoms in total. The molecule has 0 radical (unpaired) electrons. The fraction of sp³-hybridized carbons (Fsp3) is 0.556. The van der Waals surface area contributed by atoms with Crippen LogP contribution in [0, 0.1) is 0 Å². The smallest absolute Gasteiger partial charge is 0.242 e. The minimum atomic E-state index is 0.302. The highest BCUT2D eigenvalue weighted by Crippen LogP contribution is 2.37. The third-order valence-corrected chi connectivity index (χ3v) is 3.49. The Hall–Kier alpha value is -2.01. The molecule has 0 aliphatic heterocycles. The SMILES string of the molecule is CN(C)c1nc(NN)nc(Sc2nnnn2C2CC2)n1. The van der Waals surface area contributed by atoms with E-state index in [4.69, 9.17) is 5.84 Å². The standard InChI is InChI=1S/C9H14N10S/c1-18(2)7-11-6(14-10)12-8(13-7)20-9-15-16-17-19(9)5-3-4-5/h5H,3-4,10H2,1-2H3,(H,11,12,13,14). The zero-order valence-corrected chi connectivity index (χ0v) is 11.9. The summed E-state index contributed by atoms with van der Waals surface area (Å²) in [6.45, 7) is 0. The molecule has 1 aliphatic rings. The molecule has 11 heteroatoms. The third-order valence-electron chi connectivity index (χ3n) is 2.67. The van der Waals surface area contributed by atoms with E-state index in [0.29, 0.717) is 28.3 Å². The quantitative estimate of drug-likeness (QED) is 0.560. The van der Waals surface area contributed by atoms with Crippen molar-refractivity contribution < 1.29 is 0 Å². The van der Waals surface area contributed by atoms with Crippen LogP contribution in [0.5, 0.6) is 0 Å². The van der Waals surface area contributed by atoms with Gasteiger partial charge in [0.1, 0.15) is 0 Å². The molecule has 1 fully saturated rings. The van der Waals surface area contributed by atoms with Crippen molar-refractivity contribution in [2.75, 3.05) is 24.4 Å². The van der Waals surface area contributed by atoms with Gasteiger partial charge < -0.3 is 4.90 Å². The highest BCUT2D eigenvalue weighted by molar-refractivity contribution is 7.99. The summed E-state index contributed by atoms with van der Waals surface area (Å²) in [5.74, 6) is 6.19. The Kier molecular flexibility index (Phi) is 3.36. The van der Waals surface area contributed by atoms with Crippen LogP contribution in [-0.4, -0.2) is 49.3 Å². The topological polar surface area (TPSA) is 124 Å². The number of anilines is 2. The van der Waals surface area contributed by atoms with Crippen molar-refractivity contribution >= 4 is 23.7 Å². The van der Waals surface area contributed by atoms with Crippen molar-refractivity contribution in [3.8, 4) is 0 Å². The van der Waals surface area contributed by atoms with E-state index in [-0.39, 0.29) is 0 Å². The van der Waals surface area contributed by atoms with Crippen LogP contribution >= 0.6 is 11.8 Å². The molecule has 20 heavy (non-hydrogen) atoms. The Morgan fingerprint density at radius 3 is 2.75 bits per heavy atom. The maximum absolute atomic E-state index is 5.37. The lowest BCUT2D eigenvalue weighted by atomic mass is 10.7. The number of nitrogens with one attached hydrogen (secondary N) is 1.